The molecule has 2 atom stereocenters. The fourth-order valence-electron chi connectivity index (χ4n) is 5.00. The van der Waals surface area contributed by atoms with Crippen molar-refractivity contribution in [1.82, 2.24) is 30.7 Å². The molecule has 2 N–H and O–H groups in total. The van der Waals surface area contributed by atoms with E-state index in [0.717, 1.165) is 29.6 Å². The van der Waals surface area contributed by atoms with E-state index in [1.54, 1.807) is 0 Å². The number of amides is 1. The smallest absolute Gasteiger partial charge is 0.294 e. The molecule has 2 bridgehead atoms. The number of fused-ring (bicyclic) bond motifs is 4. The molecule has 10 nitrogen and oxygen atoms in total. The second-order valence-corrected chi connectivity index (χ2v) is 8.60. The first-order chi connectivity index (χ1) is 16.6. The van der Waals surface area contributed by atoms with Crippen molar-refractivity contribution in [2.24, 2.45) is 11.0 Å². The predicted molar refractivity (Wildman–Crippen MR) is 125 cm³/mol. The second-order valence-electron chi connectivity index (χ2n) is 8.60. The van der Waals surface area contributed by atoms with Crippen LogP contribution in [0.3, 0.4) is 0 Å². The zero-order chi connectivity index (χ0) is 23.2. The quantitative estimate of drug-likeness (QED) is 0.460. The Morgan fingerprint density at radius 1 is 1.26 bits per heavy atom. The second kappa shape index (κ2) is 7.91. The lowest BCUT2D eigenvalue weighted by molar-refractivity contribution is 0.0949. The number of hydrazone groups is 1. The summed E-state index contributed by atoms with van der Waals surface area (Å²) in [5.74, 6) is 0.537. The summed E-state index contributed by atoms with van der Waals surface area (Å²) in [5.41, 5.74) is 8.26. The van der Waals surface area contributed by atoms with E-state index in [9.17, 15) is 4.79 Å². The van der Waals surface area contributed by atoms with Crippen LogP contribution in [0.4, 0.5) is 5.82 Å². The van der Waals surface area contributed by atoms with Crippen LogP contribution in [0.1, 0.15) is 48.4 Å². The Kier molecular flexibility index (Phi) is 4.72. The highest BCUT2D eigenvalue weighted by Gasteiger charge is 2.39. The van der Waals surface area contributed by atoms with Gasteiger partial charge in [0, 0.05) is 17.5 Å². The summed E-state index contributed by atoms with van der Waals surface area (Å²) in [5, 5.41) is 24.4. The van der Waals surface area contributed by atoms with Crippen molar-refractivity contribution >= 4 is 23.0 Å². The number of hydrogen-bond acceptors (Lipinski definition) is 8. The van der Waals surface area contributed by atoms with E-state index < -0.39 is 5.91 Å². The molecule has 2 unspecified atom stereocenters. The van der Waals surface area contributed by atoms with E-state index in [4.69, 9.17) is 4.63 Å². The topological polar surface area (TPSA) is 123 Å². The summed E-state index contributed by atoms with van der Waals surface area (Å²) < 4.78 is 6.55. The van der Waals surface area contributed by atoms with Crippen LogP contribution in [0.15, 0.2) is 69.4 Å². The highest BCUT2D eigenvalue weighted by atomic mass is 16.6. The molecule has 34 heavy (non-hydrogen) atoms. The van der Waals surface area contributed by atoms with Gasteiger partial charge in [0.05, 0.1) is 5.71 Å². The minimum Gasteiger partial charge on any atom is -0.360 e. The minimum atomic E-state index is -0.462. The summed E-state index contributed by atoms with van der Waals surface area (Å²) in [6.07, 6.45) is 8.13. The number of anilines is 1. The van der Waals surface area contributed by atoms with E-state index in [2.05, 4.69) is 49.5 Å². The van der Waals surface area contributed by atoms with Crippen LogP contribution in [-0.4, -0.2) is 43.0 Å². The van der Waals surface area contributed by atoms with E-state index >= 15 is 0 Å². The molecule has 170 valence electrons. The van der Waals surface area contributed by atoms with Crippen molar-refractivity contribution in [1.29, 1.82) is 0 Å². The predicted octanol–water partition coefficient (Wildman–Crippen LogP) is 3.28. The van der Waals surface area contributed by atoms with Gasteiger partial charge in [-0.05, 0) is 42.6 Å². The first-order valence-electron chi connectivity index (χ1n) is 11.2. The number of rotatable bonds is 3. The van der Waals surface area contributed by atoms with Crippen LogP contribution in [0, 0.1) is 5.92 Å². The number of carbonyl (C=O) groups excluding carboxylic acids is 1. The summed E-state index contributed by atoms with van der Waals surface area (Å²) in [7, 11) is 0. The van der Waals surface area contributed by atoms with Crippen molar-refractivity contribution in [2.75, 3.05) is 5.32 Å². The van der Waals surface area contributed by atoms with Crippen LogP contribution >= 0.6 is 0 Å². The first-order valence-corrected chi connectivity index (χ1v) is 11.2. The van der Waals surface area contributed by atoms with Crippen LogP contribution in [0.25, 0.3) is 11.4 Å². The van der Waals surface area contributed by atoms with Crippen LogP contribution in [0.5, 0.6) is 0 Å². The maximum absolute atomic E-state index is 13.3. The molecule has 6 rings (SSSR count). The molecule has 2 aromatic heterocycles. The summed E-state index contributed by atoms with van der Waals surface area (Å²) in [6.45, 7) is 3.93. The van der Waals surface area contributed by atoms with E-state index in [0.29, 0.717) is 23.0 Å². The number of allylic oxidation sites excluding steroid dienone is 4. The zero-order valence-electron chi connectivity index (χ0n) is 18.7. The zero-order valence-corrected chi connectivity index (χ0v) is 18.7. The summed E-state index contributed by atoms with van der Waals surface area (Å²) >= 11 is 0. The fourth-order valence-corrected chi connectivity index (χ4v) is 5.00. The van der Waals surface area contributed by atoms with Crippen molar-refractivity contribution in [3.63, 3.8) is 0 Å². The largest absolute Gasteiger partial charge is 0.360 e. The standard InChI is InChI=1S/C24H22N8O2/c1-13-17-10-6-9-16-11-12-18(19(13)16)25-22-23(30-34-29-22)32-21(17)20(27-31-32)24(33)28-26-14(2)15-7-4-3-5-8-15/h3-10,18-19H,11-12H2,1-2H3,(H,25,29)(H,28,33)/b26-14+. The molecule has 0 saturated heterocycles. The number of hydrogen-bond donors (Lipinski definition) is 2. The summed E-state index contributed by atoms with van der Waals surface area (Å²) in [4.78, 5) is 13.3. The van der Waals surface area contributed by atoms with Gasteiger partial charge >= 0.3 is 0 Å². The number of aromatic nitrogens is 5. The molecule has 3 heterocycles. The maximum atomic E-state index is 13.3. The molecule has 1 amide bonds. The molecule has 1 fully saturated rings. The molecular formula is C24H22N8O2. The van der Waals surface area contributed by atoms with Crippen molar-refractivity contribution < 1.29 is 9.42 Å². The molecule has 0 radical (unpaired) electrons. The molecule has 2 aliphatic carbocycles. The van der Waals surface area contributed by atoms with Gasteiger partial charge in [0.1, 0.15) is 5.69 Å². The normalized spacial score (nSPS) is 20.9. The Bertz CT molecular complexity index is 1410. The SMILES string of the molecule is CC1=C2C=CC=C3CCC(Nc4nonc4-n4nnc(C(=O)N/N=C(\C)c5ccccc5)c42)C31. The lowest BCUT2D eigenvalue weighted by atomic mass is 9.88. The highest BCUT2D eigenvalue weighted by Crippen LogP contribution is 2.44. The third-order valence-corrected chi connectivity index (χ3v) is 6.66. The third-order valence-electron chi connectivity index (χ3n) is 6.66. The van der Waals surface area contributed by atoms with Gasteiger partial charge in [-0.2, -0.15) is 9.78 Å². The van der Waals surface area contributed by atoms with Gasteiger partial charge in [0.15, 0.2) is 5.69 Å². The Hall–Kier alpha value is -4.34. The third kappa shape index (κ3) is 3.18. The van der Waals surface area contributed by atoms with Gasteiger partial charge < -0.3 is 5.32 Å². The number of carbonyl (C=O) groups is 1. The van der Waals surface area contributed by atoms with E-state index in [1.807, 2.05) is 49.4 Å². The molecule has 3 aromatic rings. The van der Waals surface area contributed by atoms with E-state index in [1.165, 1.54) is 10.3 Å². The fraction of sp³-hybridized carbons (Fsp3) is 0.250. The lowest BCUT2D eigenvalue weighted by Crippen LogP contribution is -2.26. The van der Waals surface area contributed by atoms with Crippen LogP contribution < -0.4 is 10.7 Å². The van der Waals surface area contributed by atoms with Gasteiger partial charge in [-0.3, -0.25) is 4.79 Å². The van der Waals surface area contributed by atoms with Gasteiger partial charge in [-0.1, -0.05) is 64.9 Å². The van der Waals surface area contributed by atoms with Crippen LogP contribution in [0.2, 0.25) is 0 Å². The molecule has 10 heteroatoms. The number of nitrogens with zero attached hydrogens (tertiary/aromatic N) is 6. The molecule has 3 aliphatic rings. The average Bonchev–Trinajstić information content (AvgIpc) is 3.56. The summed E-state index contributed by atoms with van der Waals surface area (Å²) in [6, 6.07) is 9.78. The molecular weight excluding hydrogens is 432 g/mol. The number of benzene rings is 1. The van der Waals surface area contributed by atoms with Crippen LogP contribution in [-0.2, 0) is 0 Å². The highest BCUT2D eigenvalue weighted by molar-refractivity contribution is 6.02. The molecule has 1 aromatic carbocycles. The Labute approximate surface area is 195 Å². The van der Waals surface area contributed by atoms with Crippen molar-refractivity contribution in [2.45, 2.75) is 32.7 Å². The first kappa shape index (κ1) is 20.3. The van der Waals surface area contributed by atoms with Gasteiger partial charge in [0.25, 0.3) is 5.91 Å². The van der Waals surface area contributed by atoms with Crippen molar-refractivity contribution in [3.8, 4) is 5.82 Å². The Morgan fingerprint density at radius 2 is 2.12 bits per heavy atom. The molecule has 1 aliphatic heterocycles. The molecule has 1 saturated carbocycles. The Balaban J connectivity index is 1.46. The molecule has 0 spiro atoms. The Morgan fingerprint density at radius 3 is 2.97 bits per heavy atom. The minimum absolute atomic E-state index is 0.139. The number of nitrogens with one attached hydrogen (secondary N) is 2. The van der Waals surface area contributed by atoms with Gasteiger partial charge in [-0.15, -0.1) is 5.10 Å². The van der Waals surface area contributed by atoms with Gasteiger partial charge in [0.2, 0.25) is 11.6 Å². The van der Waals surface area contributed by atoms with E-state index in [-0.39, 0.29) is 17.7 Å². The monoisotopic (exact) mass is 454 g/mol. The van der Waals surface area contributed by atoms with Gasteiger partial charge in [-0.25, -0.2) is 10.1 Å². The maximum Gasteiger partial charge on any atom is 0.294 e. The lowest BCUT2D eigenvalue weighted by Gasteiger charge is -2.22. The average molecular weight is 454 g/mol. The van der Waals surface area contributed by atoms with Crippen molar-refractivity contribution in [3.05, 3.63) is 76.7 Å².